The van der Waals surface area contributed by atoms with Crippen LogP contribution in [0.2, 0.25) is 0 Å². The number of piperidine rings is 1. The Hall–Kier alpha value is -1.06. The summed E-state index contributed by atoms with van der Waals surface area (Å²) in [6.07, 6.45) is 2.74. The number of aryl methyl sites for hydroxylation is 2. The molecule has 0 unspecified atom stereocenters. The van der Waals surface area contributed by atoms with E-state index in [4.69, 9.17) is 4.74 Å². The highest BCUT2D eigenvalue weighted by atomic mass is 16.5. The number of nitrogens with zero attached hydrogens (tertiary/aromatic N) is 1. The molecule has 1 heterocycles. The zero-order chi connectivity index (χ0) is 13.7. The van der Waals surface area contributed by atoms with Crippen molar-refractivity contribution in [3.63, 3.8) is 0 Å². The fraction of sp³-hybridized carbons (Fsp3) is 0.625. The van der Waals surface area contributed by atoms with Crippen molar-refractivity contribution in [1.82, 2.24) is 5.32 Å². The zero-order valence-electron chi connectivity index (χ0n) is 12.4. The number of ether oxygens (including phenoxy) is 1. The Bertz CT molecular complexity index is 379. The van der Waals surface area contributed by atoms with Crippen molar-refractivity contribution in [1.29, 1.82) is 0 Å². The van der Waals surface area contributed by atoms with Crippen LogP contribution in [0.25, 0.3) is 0 Å². The number of anilines is 1. The molecule has 1 aromatic rings. The van der Waals surface area contributed by atoms with Gasteiger partial charge in [-0.15, -0.1) is 0 Å². The van der Waals surface area contributed by atoms with Crippen LogP contribution in [0.3, 0.4) is 0 Å². The molecule has 1 aromatic carbocycles. The van der Waals surface area contributed by atoms with E-state index in [1.807, 2.05) is 0 Å². The van der Waals surface area contributed by atoms with Crippen molar-refractivity contribution in [2.75, 3.05) is 38.2 Å². The molecule has 0 atom stereocenters. The second-order valence-electron chi connectivity index (χ2n) is 5.59. The van der Waals surface area contributed by atoms with E-state index in [0.29, 0.717) is 6.10 Å². The van der Waals surface area contributed by atoms with Gasteiger partial charge < -0.3 is 15.0 Å². The predicted molar refractivity (Wildman–Crippen MR) is 81.0 cm³/mol. The van der Waals surface area contributed by atoms with Gasteiger partial charge in [-0.05, 0) is 63.0 Å². The fourth-order valence-corrected chi connectivity index (χ4v) is 2.62. The zero-order valence-corrected chi connectivity index (χ0v) is 12.4. The molecule has 3 heteroatoms. The maximum atomic E-state index is 5.95. The quantitative estimate of drug-likeness (QED) is 0.882. The lowest BCUT2D eigenvalue weighted by atomic mass is 10.1. The minimum Gasteiger partial charge on any atom is -0.376 e. The average Bonchev–Trinajstić information content (AvgIpc) is 2.38. The van der Waals surface area contributed by atoms with Crippen LogP contribution >= 0.6 is 0 Å². The van der Waals surface area contributed by atoms with E-state index in [1.54, 1.807) is 0 Å². The highest BCUT2D eigenvalue weighted by Gasteiger charge is 2.13. The minimum absolute atomic E-state index is 0.453. The Balaban J connectivity index is 1.78. The van der Waals surface area contributed by atoms with Gasteiger partial charge in [0.25, 0.3) is 0 Å². The molecule has 0 aliphatic carbocycles. The van der Waals surface area contributed by atoms with Gasteiger partial charge >= 0.3 is 0 Å². The van der Waals surface area contributed by atoms with Gasteiger partial charge in [0.05, 0.1) is 12.7 Å². The number of hydrogen-bond donors (Lipinski definition) is 1. The molecule has 1 aliphatic heterocycles. The number of benzene rings is 1. The van der Waals surface area contributed by atoms with Gasteiger partial charge in [0, 0.05) is 19.3 Å². The van der Waals surface area contributed by atoms with E-state index in [0.717, 1.165) is 39.1 Å². The summed E-state index contributed by atoms with van der Waals surface area (Å²) in [5.74, 6) is 0. The summed E-state index contributed by atoms with van der Waals surface area (Å²) in [5.41, 5.74) is 3.92. The lowest BCUT2D eigenvalue weighted by molar-refractivity contribution is 0.0376. The van der Waals surface area contributed by atoms with Crippen molar-refractivity contribution in [2.24, 2.45) is 0 Å². The Morgan fingerprint density at radius 1 is 1.16 bits per heavy atom. The Morgan fingerprint density at radius 2 is 1.79 bits per heavy atom. The molecule has 0 radical (unpaired) electrons. The highest BCUT2D eigenvalue weighted by Crippen LogP contribution is 2.17. The second-order valence-corrected chi connectivity index (χ2v) is 5.59. The SMILES string of the molecule is Cc1cc(C)cc(N(C)CCOC2CCNCC2)c1. The summed E-state index contributed by atoms with van der Waals surface area (Å²) < 4.78 is 5.95. The smallest absolute Gasteiger partial charge is 0.0645 e. The maximum absolute atomic E-state index is 5.95. The van der Waals surface area contributed by atoms with E-state index in [2.05, 4.69) is 49.3 Å². The van der Waals surface area contributed by atoms with Gasteiger partial charge in [0.1, 0.15) is 0 Å². The molecule has 1 saturated heterocycles. The van der Waals surface area contributed by atoms with Crippen LogP contribution in [-0.2, 0) is 4.74 Å². The first-order valence-corrected chi connectivity index (χ1v) is 7.27. The molecule has 3 nitrogen and oxygen atoms in total. The summed E-state index contributed by atoms with van der Waals surface area (Å²) in [6, 6.07) is 6.68. The molecule has 0 bridgehead atoms. The third-order valence-corrected chi connectivity index (χ3v) is 3.71. The van der Waals surface area contributed by atoms with Crippen LogP contribution in [0.1, 0.15) is 24.0 Å². The van der Waals surface area contributed by atoms with E-state index >= 15 is 0 Å². The van der Waals surface area contributed by atoms with Crippen molar-refractivity contribution in [2.45, 2.75) is 32.8 Å². The molecule has 19 heavy (non-hydrogen) atoms. The molecule has 1 N–H and O–H groups in total. The van der Waals surface area contributed by atoms with Crippen molar-refractivity contribution < 1.29 is 4.74 Å². The topological polar surface area (TPSA) is 24.5 Å². The molecule has 1 aliphatic rings. The van der Waals surface area contributed by atoms with Crippen molar-refractivity contribution >= 4 is 5.69 Å². The number of likely N-dealkylation sites (N-methyl/N-ethyl adjacent to an activating group) is 1. The molecular formula is C16H26N2O. The van der Waals surface area contributed by atoms with Crippen molar-refractivity contribution in [3.05, 3.63) is 29.3 Å². The number of nitrogens with one attached hydrogen (secondary N) is 1. The average molecular weight is 262 g/mol. The summed E-state index contributed by atoms with van der Waals surface area (Å²) in [6.45, 7) is 8.25. The first-order chi connectivity index (χ1) is 9.15. The largest absolute Gasteiger partial charge is 0.376 e. The monoisotopic (exact) mass is 262 g/mol. The standard InChI is InChI=1S/C16H26N2O/c1-13-10-14(2)12-15(11-13)18(3)8-9-19-16-4-6-17-7-5-16/h10-12,16-17H,4-9H2,1-3H3. The summed E-state index contributed by atoms with van der Waals surface area (Å²) >= 11 is 0. The lowest BCUT2D eigenvalue weighted by Crippen LogP contribution is -2.34. The van der Waals surface area contributed by atoms with Crippen LogP contribution in [0.4, 0.5) is 5.69 Å². The molecular weight excluding hydrogens is 236 g/mol. The van der Waals surface area contributed by atoms with Gasteiger partial charge in [-0.2, -0.15) is 0 Å². The predicted octanol–water partition coefficient (Wildman–Crippen LogP) is 2.51. The summed E-state index contributed by atoms with van der Waals surface area (Å²) in [5, 5.41) is 3.36. The third kappa shape index (κ3) is 4.51. The molecule has 0 saturated carbocycles. The maximum Gasteiger partial charge on any atom is 0.0645 e. The van der Waals surface area contributed by atoms with Gasteiger partial charge in [0.2, 0.25) is 0 Å². The molecule has 106 valence electrons. The fourth-order valence-electron chi connectivity index (χ4n) is 2.62. The van der Waals surface area contributed by atoms with Gasteiger partial charge in [0.15, 0.2) is 0 Å². The first kappa shape index (κ1) is 14.4. The molecule has 0 spiro atoms. The van der Waals surface area contributed by atoms with Crippen LogP contribution in [-0.4, -0.2) is 39.4 Å². The van der Waals surface area contributed by atoms with E-state index < -0.39 is 0 Å². The number of rotatable bonds is 5. The molecule has 2 rings (SSSR count). The minimum atomic E-state index is 0.453. The van der Waals surface area contributed by atoms with Gasteiger partial charge in [-0.25, -0.2) is 0 Å². The second kappa shape index (κ2) is 6.92. The Morgan fingerprint density at radius 3 is 2.42 bits per heavy atom. The van der Waals surface area contributed by atoms with Crippen molar-refractivity contribution in [3.8, 4) is 0 Å². The van der Waals surface area contributed by atoms with Crippen LogP contribution in [0, 0.1) is 13.8 Å². The normalized spacial score (nSPS) is 16.6. The van der Waals surface area contributed by atoms with E-state index in [-0.39, 0.29) is 0 Å². The van der Waals surface area contributed by atoms with Crippen LogP contribution < -0.4 is 10.2 Å². The molecule has 0 amide bonds. The summed E-state index contributed by atoms with van der Waals surface area (Å²) in [7, 11) is 2.14. The third-order valence-electron chi connectivity index (χ3n) is 3.71. The molecule has 1 fully saturated rings. The van der Waals surface area contributed by atoms with E-state index in [1.165, 1.54) is 16.8 Å². The van der Waals surface area contributed by atoms with Gasteiger partial charge in [-0.1, -0.05) is 6.07 Å². The first-order valence-electron chi connectivity index (χ1n) is 7.27. The summed E-state index contributed by atoms with van der Waals surface area (Å²) in [4.78, 5) is 2.28. The van der Waals surface area contributed by atoms with Crippen LogP contribution in [0.5, 0.6) is 0 Å². The highest BCUT2D eigenvalue weighted by molar-refractivity contribution is 5.50. The van der Waals surface area contributed by atoms with Gasteiger partial charge in [-0.3, -0.25) is 0 Å². The lowest BCUT2D eigenvalue weighted by Gasteiger charge is -2.25. The molecule has 0 aromatic heterocycles. The Labute approximate surface area is 116 Å². The Kier molecular flexibility index (Phi) is 5.23. The number of hydrogen-bond acceptors (Lipinski definition) is 3. The van der Waals surface area contributed by atoms with E-state index in [9.17, 15) is 0 Å². The van der Waals surface area contributed by atoms with Crippen LogP contribution in [0.15, 0.2) is 18.2 Å².